The van der Waals surface area contributed by atoms with Crippen LogP contribution in [0.4, 0.5) is 0 Å². The summed E-state index contributed by atoms with van der Waals surface area (Å²) >= 11 is 0. The molecule has 0 atom stereocenters. The molecule has 17 heavy (non-hydrogen) atoms. The lowest BCUT2D eigenvalue weighted by Crippen LogP contribution is -2.17. The van der Waals surface area contributed by atoms with Crippen molar-refractivity contribution in [1.29, 1.82) is 0 Å². The van der Waals surface area contributed by atoms with E-state index in [4.69, 9.17) is 0 Å². The lowest BCUT2D eigenvalue weighted by Gasteiger charge is -2.10. The Kier molecular flexibility index (Phi) is 3.35. The van der Waals surface area contributed by atoms with Crippen molar-refractivity contribution in [2.24, 2.45) is 0 Å². The van der Waals surface area contributed by atoms with E-state index in [0.29, 0.717) is 11.9 Å². The molecule has 0 unspecified atom stereocenters. The first-order valence-corrected chi connectivity index (χ1v) is 5.48. The van der Waals surface area contributed by atoms with Crippen LogP contribution in [0.15, 0.2) is 47.4 Å². The molecule has 4 nitrogen and oxygen atoms in total. The van der Waals surface area contributed by atoms with E-state index in [2.05, 4.69) is 17.0 Å². The van der Waals surface area contributed by atoms with Crippen molar-refractivity contribution in [1.82, 2.24) is 15.1 Å². The molecule has 0 amide bonds. The summed E-state index contributed by atoms with van der Waals surface area (Å²) in [6, 6.07) is 7.48. The molecule has 2 rings (SSSR count). The van der Waals surface area contributed by atoms with Gasteiger partial charge < -0.3 is 5.32 Å². The van der Waals surface area contributed by atoms with Crippen LogP contribution in [0.5, 0.6) is 0 Å². The summed E-state index contributed by atoms with van der Waals surface area (Å²) in [5.74, 6) is 0. The molecule has 1 aromatic heterocycles. The first-order valence-electron chi connectivity index (χ1n) is 5.48. The van der Waals surface area contributed by atoms with Crippen LogP contribution in [0, 0.1) is 0 Å². The number of nitrogens with zero attached hydrogens (tertiary/aromatic N) is 2. The molecule has 0 aliphatic carbocycles. The second kappa shape index (κ2) is 4.93. The van der Waals surface area contributed by atoms with Crippen molar-refractivity contribution in [2.75, 3.05) is 13.6 Å². The lowest BCUT2D eigenvalue weighted by atomic mass is 10.2. The van der Waals surface area contributed by atoms with E-state index in [-0.39, 0.29) is 5.43 Å². The summed E-state index contributed by atoms with van der Waals surface area (Å²) in [5.41, 5.74) is 1.82. The van der Waals surface area contributed by atoms with Crippen LogP contribution in [-0.2, 0) is 6.54 Å². The zero-order chi connectivity index (χ0) is 12.3. The van der Waals surface area contributed by atoms with Crippen LogP contribution in [-0.4, -0.2) is 23.4 Å². The van der Waals surface area contributed by atoms with Crippen LogP contribution < -0.4 is 10.7 Å². The Morgan fingerprint density at radius 3 is 3.00 bits per heavy atom. The Hall–Kier alpha value is -1.94. The van der Waals surface area contributed by atoms with Gasteiger partial charge in [-0.15, -0.1) is 0 Å². The molecule has 0 spiro atoms. The normalized spacial score (nSPS) is 10.6. The van der Waals surface area contributed by atoms with Gasteiger partial charge in [0.15, 0.2) is 0 Å². The number of hydrogen-bond acceptors (Lipinski definition) is 3. The highest BCUT2D eigenvalue weighted by atomic mass is 16.1. The van der Waals surface area contributed by atoms with Crippen molar-refractivity contribution >= 4 is 10.9 Å². The fourth-order valence-electron chi connectivity index (χ4n) is 1.80. The van der Waals surface area contributed by atoms with Crippen LogP contribution >= 0.6 is 0 Å². The maximum Gasteiger partial charge on any atom is 0.207 e. The van der Waals surface area contributed by atoms with E-state index < -0.39 is 0 Å². The summed E-state index contributed by atoms with van der Waals surface area (Å²) in [6.45, 7) is 5.32. The van der Waals surface area contributed by atoms with Crippen LogP contribution in [0.3, 0.4) is 0 Å². The van der Waals surface area contributed by atoms with Gasteiger partial charge in [-0.2, -0.15) is 5.10 Å². The first kappa shape index (κ1) is 11.5. The Labute approximate surface area is 99.6 Å². The average molecular weight is 229 g/mol. The maximum absolute atomic E-state index is 11.6. The number of rotatable bonds is 4. The predicted octanol–water partition coefficient (Wildman–Crippen LogP) is 1.17. The third kappa shape index (κ3) is 2.42. The molecular formula is C13H15N3O. The fourth-order valence-corrected chi connectivity index (χ4v) is 1.80. The van der Waals surface area contributed by atoms with Gasteiger partial charge in [-0.1, -0.05) is 18.7 Å². The highest BCUT2D eigenvalue weighted by Crippen LogP contribution is 2.09. The molecule has 1 N–H and O–H groups in total. The summed E-state index contributed by atoms with van der Waals surface area (Å²) in [4.78, 5) is 11.6. The summed E-state index contributed by atoms with van der Waals surface area (Å²) in [5, 5.41) is 7.88. The molecule has 2 aromatic rings. The minimum Gasteiger partial charge on any atom is -0.316 e. The molecule has 0 radical (unpaired) electrons. The van der Waals surface area contributed by atoms with E-state index in [0.717, 1.165) is 17.6 Å². The number of aromatic nitrogens is 2. The van der Waals surface area contributed by atoms with Crippen molar-refractivity contribution in [2.45, 2.75) is 6.54 Å². The molecule has 4 heteroatoms. The standard InChI is InChI=1S/C13H15N3O/c1-10(7-14-2)9-16-12-6-4-3-5-11(12)13(17)8-15-16/h3-6,8,14H,1,7,9H2,2H3. The number of benzene rings is 1. The Bertz CT molecular complexity index is 601. The van der Waals surface area contributed by atoms with Gasteiger partial charge in [0.25, 0.3) is 0 Å². The van der Waals surface area contributed by atoms with Crippen LogP contribution in [0.2, 0.25) is 0 Å². The molecular weight excluding hydrogens is 214 g/mol. The van der Waals surface area contributed by atoms with E-state index in [1.165, 1.54) is 6.20 Å². The van der Waals surface area contributed by atoms with Crippen LogP contribution in [0.1, 0.15) is 0 Å². The van der Waals surface area contributed by atoms with Gasteiger partial charge in [-0.25, -0.2) is 0 Å². The SMILES string of the molecule is C=C(CNC)Cn1ncc(=O)c2ccccc21. The Balaban J connectivity index is 2.45. The second-order valence-electron chi connectivity index (χ2n) is 3.96. The summed E-state index contributed by atoms with van der Waals surface area (Å²) in [7, 11) is 1.88. The predicted molar refractivity (Wildman–Crippen MR) is 69.1 cm³/mol. The van der Waals surface area contributed by atoms with E-state index >= 15 is 0 Å². The molecule has 1 aromatic carbocycles. The minimum atomic E-state index is -0.0453. The number of nitrogens with one attached hydrogen (secondary N) is 1. The summed E-state index contributed by atoms with van der Waals surface area (Å²) < 4.78 is 1.80. The highest BCUT2D eigenvalue weighted by Gasteiger charge is 2.03. The molecule has 0 saturated heterocycles. The van der Waals surface area contributed by atoms with Crippen molar-refractivity contribution < 1.29 is 0 Å². The van der Waals surface area contributed by atoms with Gasteiger partial charge in [0, 0.05) is 11.9 Å². The maximum atomic E-state index is 11.6. The molecule has 0 aliphatic heterocycles. The third-order valence-corrected chi connectivity index (χ3v) is 2.56. The minimum absolute atomic E-state index is 0.0453. The zero-order valence-corrected chi connectivity index (χ0v) is 9.81. The average Bonchev–Trinajstić information content (AvgIpc) is 2.34. The van der Waals surface area contributed by atoms with E-state index in [1.54, 1.807) is 4.68 Å². The van der Waals surface area contributed by atoms with Gasteiger partial charge in [0.1, 0.15) is 0 Å². The first-order chi connectivity index (χ1) is 8.22. The molecule has 0 saturated carbocycles. The van der Waals surface area contributed by atoms with Crippen molar-refractivity contribution in [3.8, 4) is 0 Å². The van der Waals surface area contributed by atoms with E-state index in [1.807, 2.05) is 31.3 Å². The van der Waals surface area contributed by atoms with Gasteiger partial charge >= 0.3 is 0 Å². The smallest absolute Gasteiger partial charge is 0.207 e. The second-order valence-corrected chi connectivity index (χ2v) is 3.96. The quantitative estimate of drug-likeness (QED) is 0.801. The molecule has 1 heterocycles. The van der Waals surface area contributed by atoms with Gasteiger partial charge in [-0.3, -0.25) is 9.48 Å². The fraction of sp³-hybridized carbons (Fsp3) is 0.231. The Morgan fingerprint density at radius 1 is 1.47 bits per heavy atom. The molecule has 0 fully saturated rings. The highest BCUT2D eigenvalue weighted by molar-refractivity contribution is 5.77. The molecule has 0 bridgehead atoms. The van der Waals surface area contributed by atoms with Crippen molar-refractivity contribution in [3.63, 3.8) is 0 Å². The van der Waals surface area contributed by atoms with Gasteiger partial charge in [0.2, 0.25) is 5.43 Å². The Morgan fingerprint density at radius 2 is 2.24 bits per heavy atom. The van der Waals surface area contributed by atoms with E-state index in [9.17, 15) is 4.79 Å². The number of fused-ring (bicyclic) bond motifs is 1. The largest absolute Gasteiger partial charge is 0.316 e. The monoisotopic (exact) mass is 229 g/mol. The number of para-hydroxylation sites is 1. The zero-order valence-electron chi connectivity index (χ0n) is 9.81. The van der Waals surface area contributed by atoms with Gasteiger partial charge in [0.05, 0.1) is 18.3 Å². The number of likely N-dealkylation sites (N-methyl/N-ethyl adjacent to an activating group) is 1. The van der Waals surface area contributed by atoms with Crippen LogP contribution in [0.25, 0.3) is 10.9 Å². The molecule has 0 aliphatic rings. The topological polar surface area (TPSA) is 46.9 Å². The van der Waals surface area contributed by atoms with Crippen molar-refractivity contribution in [3.05, 3.63) is 52.8 Å². The number of hydrogen-bond donors (Lipinski definition) is 1. The summed E-state index contributed by atoms with van der Waals surface area (Å²) in [6.07, 6.45) is 1.36. The third-order valence-electron chi connectivity index (χ3n) is 2.56. The molecule has 88 valence electrons. The van der Waals surface area contributed by atoms with Gasteiger partial charge in [-0.05, 0) is 24.8 Å². The lowest BCUT2D eigenvalue weighted by molar-refractivity contribution is 0.664.